The number of hydrogen-bond donors (Lipinski definition) is 2. The summed E-state index contributed by atoms with van der Waals surface area (Å²) in [7, 11) is -3.87. The number of thioether (sulfide) groups is 1. The molecule has 0 amide bonds. The van der Waals surface area contributed by atoms with Gasteiger partial charge in [0.15, 0.2) is 34.7 Å². The quantitative estimate of drug-likeness (QED) is 0.0334. The van der Waals surface area contributed by atoms with Crippen molar-refractivity contribution in [3.05, 3.63) is 47.3 Å². The average Bonchev–Trinajstić information content (AvgIpc) is 3.44. The number of fused-ring (bicyclic) bond motifs is 1. The Balaban J connectivity index is 1.10. The smallest absolute Gasteiger partial charge is 0.353 e. The van der Waals surface area contributed by atoms with Crippen molar-refractivity contribution in [1.82, 2.24) is 19.5 Å². The van der Waals surface area contributed by atoms with E-state index in [4.69, 9.17) is 15.0 Å². The number of halogens is 5. The van der Waals surface area contributed by atoms with Gasteiger partial charge in [-0.1, -0.05) is 57.8 Å². The number of rotatable bonds is 23. The Bertz CT molecular complexity index is 1410. The third-order valence-electron chi connectivity index (χ3n) is 7.44. The Hall–Kier alpha value is -2.32. The van der Waals surface area contributed by atoms with Gasteiger partial charge in [0, 0.05) is 11.3 Å². The summed E-state index contributed by atoms with van der Waals surface area (Å²) in [5.41, 5.74) is 6.12. The molecule has 9 nitrogen and oxygen atoms in total. The number of unbranched alkanes of at least 4 members (excludes halogenated alkanes) is 10. The zero-order valence-corrected chi connectivity index (χ0v) is 27.7. The van der Waals surface area contributed by atoms with Crippen LogP contribution in [-0.2, 0) is 26.8 Å². The van der Waals surface area contributed by atoms with Crippen LogP contribution in [0.25, 0.3) is 11.2 Å². The number of nitrogen functional groups attached to an aromatic ring is 1. The third-order valence-corrected chi connectivity index (χ3v) is 9.54. The van der Waals surface area contributed by atoms with Crippen LogP contribution >= 0.6 is 19.4 Å². The molecule has 46 heavy (non-hydrogen) atoms. The molecule has 0 spiro atoms. The van der Waals surface area contributed by atoms with Gasteiger partial charge in [0.2, 0.25) is 5.82 Å². The molecule has 3 N–H and O–H groups in total. The molecule has 1 unspecified atom stereocenters. The molecule has 16 heteroatoms. The fraction of sp³-hybridized carbons (Fsp3) is 0.633. The first-order chi connectivity index (χ1) is 22.0. The predicted octanol–water partition coefficient (Wildman–Crippen LogP) is 7.94. The fourth-order valence-corrected chi connectivity index (χ4v) is 6.76. The summed E-state index contributed by atoms with van der Waals surface area (Å²) in [6.45, 7) is 2.31. The molecule has 0 fully saturated rings. The van der Waals surface area contributed by atoms with Crippen LogP contribution in [0.2, 0.25) is 0 Å². The highest BCUT2D eigenvalue weighted by atomic mass is 32.2. The van der Waals surface area contributed by atoms with Gasteiger partial charge in [-0.25, -0.2) is 36.9 Å². The number of nitrogens with two attached hydrogens (primary N) is 1. The lowest BCUT2D eigenvalue weighted by Gasteiger charge is -2.17. The molecule has 2 aromatic heterocycles. The second kappa shape index (κ2) is 19.5. The van der Waals surface area contributed by atoms with Crippen molar-refractivity contribution in [3.8, 4) is 0 Å². The van der Waals surface area contributed by atoms with Gasteiger partial charge >= 0.3 is 7.60 Å². The van der Waals surface area contributed by atoms with Crippen LogP contribution in [-0.4, -0.2) is 55.0 Å². The maximum absolute atomic E-state index is 13.7. The van der Waals surface area contributed by atoms with E-state index in [-0.39, 0.29) is 24.9 Å². The number of nitrogens with zero attached hydrogens (tertiary/aromatic N) is 4. The molecule has 0 aliphatic heterocycles. The summed E-state index contributed by atoms with van der Waals surface area (Å²) in [6.07, 6.45) is 12.5. The molecule has 3 aromatic rings. The van der Waals surface area contributed by atoms with E-state index in [0.29, 0.717) is 36.3 Å². The number of aromatic nitrogens is 4. The topological polar surface area (TPSA) is 125 Å². The van der Waals surface area contributed by atoms with Crippen molar-refractivity contribution in [2.75, 3.05) is 30.2 Å². The molecule has 2 atom stereocenters. The van der Waals surface area contributed by atoms with Crippen LogP contribution in [0.4, 0.5) is 27.8 Å². The molecule has 0 saturated heterocycles. The first kappa shape index (κ1) is 38.1. The van der Waals surface area contributed by atoms with Gasteiger partial charge < -0.3 is 24.5 Å². The Morgan fingerprint density at radius 2 is 1.41 bits per heavy atom. The molecule has 0 saturated carbocycles. The second-order valence-electron chi connectivity index (χ2n) is 11.2. The van der Waals surface area contributed by atoms with Crippen LogP contribution in [0.1, 0.15) is 83.1 Å². The highest BCUT2D eigenvalue weighted by Gasteiger charge is 2.25. The van der Waals surface area contributed by atoms with E-state index in [0.717, 1.165) is 63.5 Å². The number of anilines is 1. The van der Waals surface area contributed by atoms with E-state index >= 15 is 0 Å². The summed E-state index contributed by atoms with van der Waals surface area (Å²) in [5.74, 6) is -7.51. The summed E-state index contributed by atoms with van der Waals surface area (Å²) in [5, 5.41) is 0. The summed E-state index contributed by atoms with van der Waals surface area (Å²) < 4.78 is 91.9. The van der Waals surface area contributed by atoms with Crippen molar-refractivity contribution < 1.29 is 40.7 Å². The summed E-state index contributed by atoms with van der Waals surface area (Å²) >= 11 is 1.68. The number of imidazole rings is 1. The molecular formula is C30H43F5N5O4PS. The Morgan fingerprint density at radius 3 is 2.04 bits per heavy atom. The van der Waals surface area contributed by atoms with Gasteiger partial charge in [0.05, 0.1) is 25.6 Å². The number of benzene rings is 1. The molecule has 0 radical (unpaired) electrons. The molecule has 2 heterocycles. The lowest BCUT2D eigenvalue weighted by Crippen LogP contribution is -2.17. The van der Waals surface area contributed by atoms with Crippen molar-refractivity contribution in [1.29, 1.82) is 0 Å². The SMILES string of the molecule is C[C@H](Cn1cnc2c(N)ncnc21)OCP(=O)(O)OCCSCCCCCCCCCCCCCc1c(F)c(F)c(F)c(F)c1F. The van der Waals surface area contributed by atoms with E-state index in [9.17, 15) is 31.4 Å². The predicted molar refractivity (Wildman–Crippen MR) is 169 cm³/mol. The van der Waals surface area contributed by atoms with Crippen LogP contribution in [0.15, 0.2) is 12.7 Å². The van der Waals surface area contributed by atoms with Crippen molar-refractivity contribution >= 4 is 36.3 Å². The minimum atomic E-state index is -3.87. The summed E-state index contributed by atoms with van der Waals surface area (Å²) in [6, 6.07) is 0. The lowest BCUT2D eigenvalue weighted by atomic mass is 10.0. The first-order valence-electron chi connectivity index (χ1n) is 15.6. The molecule has 258 valence electrons. The third kappa shape index (κ3) is 12.0. The van der Waals surface area contributed by atoms with Gasteiger partial charge in [0.25, 0.3) is 0 Å². The molecule has 0 bridgehead atoms. The number of ether oxygens (including phenoxy) is 1. The molecule has 3 rings (SSSR count). The van der Waals surface area contributed by atoms with E-state index in [1.807, 2.05) is 0 Å². The molecule has 1 aromatic carbocycles. The van der Waals surface area contributed by atoms with Gasteiger partial charge in [-0.3, -0.25) is 4.57 Å². The largest absolute Gasteiger partial charge is 0.382 e. The van der Waals surface area contributed by atoms with Crippen molar-refractivity contribution in [3.63, 3.8) is 0 Å². The van der Waals surface area contributed by atoms with E-state index in [2.05, 4.69) is 15.0 Å². The van der Waals surface area contributed by atoms with Crippen LogP contribution in [0.5, 0.6) is 0 Å². The standard InChI is InChI=1S/C30H43F5N5O4PS/c1-21(17-40-19-39-28-29(36)37-18-38-30(28)40)43-20-45(41,42)44-14-16-46-15-12-10-8-6-4-2-3-5-7-9-11-13-22-23(31)25(33)27(35)26(34)24(22)32/h18-19,21H,2-17,20H2,1H3,(H,41,42)(H2,36,37,38)/t21-/m1/s1. The maximum Gasteiger partial charge on any atom is 0.353 e. The highest BCUT2D eigenvalue weighted by molar-refractivity contribution is 7.99. The fourth-order valence-electron chi connectivity index (χ4n) is 4.93. The zero-order chi connectivity index (χ0) is 33.5. The van der Waals surface area contributed by atoms with Crippen LogP contribution in [0.3, 0.4) is 0 Å². The van der Waals surface area contributed by atoms with E-state index in [1.54, 1.807) is 29.6 Å². The molecular weight excluding hydrogens is 652 g/mol. The molecule has 0 aliphatic rings. The Kier molecular flexibility index (Phi) is 16.2. The van der Waals surface area contributed by atoms with Gasteiger partial charge in [-0.15, -0.1) is 0 Å². The highest BCUT2D eigenvalue weighted by Crippen LogP contribution is 2.42. The van der Waals surface area contributed by atoms with Gasteiger partial charge in [0.1, 0.15) is 18.2 Å². The molecule has 0 aliphatic carbocycles. The Labute approximate surface area is 270 Å². The first-order valence-corrected chi connectivity index (χ1v) is 18.5. The van der Waals surface area contributed by atoms with Crippen LogP contribution < -0.4 is 5.73 Å². The second-order valence-corrected chi connectivity index (χ2v) is 14.2. The van der Waals surface area contributed by atoms with Crippen molar-refractivity contribution in [2.45, 2.75) is 96.6 Å². The zero-order valence-electron chi connectivity index (χ0n) is 26.0. The minimum Gasteiger partial charge on any atom is -0.382 e. The minimum absolute atomic E-state index is 0.162. The van der Waals surface area contributed by atoms with Gasteiger partial charge in [-0.2, -0.15) is 11.8 Å². The summed E-state index contributed by atoms with van der Waals surface area (Å²) in [4.78, 5) is 22.3. The van der Waals surface area contributed by atoms with Crippen molar-refractivity contribution in [2.24, 2.45) is 0 Å². The Morgan fingerprint density at radius 1 is 0.848 bits per heavy atom. The lowest BCUT2D eigenvalue weighted by molar-refractivity contribution is 0.0724. The number of hydrogen-bond acceptors (Lipinski definition) is 8. The normalized spacial score (nSPS) is 13.8. The van der Waals surface area contributed by atoms with Gasteiger partial charge in [-0.05, 0) is 31.9 Å². The van der Waals surface area contributed by atoms with E-state index < -0.39 is 48.6 Å². The van der Waals surface area contributed by atoms with E-state index in [1.165, 1.54) is 6.33 Å². The maximum atomic E-state index is 13.7. The average molecular weight is 696 g/mol. The van der Waals surface area contributed by atoms with Crippen LogP contribution in [0, 0.1) is 29.1 Å². The monoisotopic (exact) mass is 695 g/mol.